The van der Waals surface area contributed by atoms with E-state index in [1.165, 1.54) is 0 Å². The number of methoxy groups -OCH3 is 1. The molecule has 1 fully saturated rings. The molecule has 17 heavy (non-hydrogen) atoms. The second-order valence-corrected chi connectivity index (χ2v) is 5.99. The van der Waals surface area contributed by atoms with Crippen LogP contribution in [0.15, 0.2) is 23.4 Å². The first kappa shape index (κ1) is 12.5. The van der Waals surface area contributed by atoms with Gasteiger partial charge in [0.25, 0.3) is 0 Å². The zero-order chi connectivity index (χ0) is 12.3. The van der Waals surface area contributed by atoms with E-state index in [0.29, 0.717) is 10.7 Å². The predicted octanol–water partition coefficient (Wildman–Crippen LogP) is 1.73. The lowest BCUT2D eigenvalue weighted by atomic mass is 9.97. The van der Waals surface area contributed by atoms with E-state index in [1.54, 1.807) is 25.4 Å². The summed E-state index contributed by atoms with van der Waals surface area (Å²) in [4.78, 5) is 4.14. The van der Waals surface area contributed by atoms with Gasteiger partial charge in [0, 0.05) is 18.6 Å². The first-order valence-corrected chi connectivity index (χ1v) is 7.07. The Kier molecular flexibility index (Phi) is 4.12. The Labute approximate surface area is 104 Å². The van der Waals surface area contributed by atoms with Crippen molar-refractivity contribution in [3.05, 3.63) is 18.3 Å². The van der Waals surface area contributed by atoms with Crippen LogP contribution in [0.5, 0.6) is 0 Å². The minimum absolute atomic E-state index is 0.117. The lowest BCUT2D eigenvalue weighted by Gasteiger charge is -2.27. The van der Waals surface area contributed by atoms with Crippen LogP contribution >= 0.6 is 0 Å². The Balaban J connectivity index is 2.12. The molecular weight excluding hydrogens is 236 g/mol. The van der Waals surface area contributed by atoms with Crippen LogP contribution in [-0.2, 0) is 15.5 Å². The molecule has 0 spiro atoms. The number of nitrogens with zero attached hydrogens (tertiary/aromatic N) is 1. The molecule has 0 aromatic carbocycles. The van der Waals surface area contributed by atoms with Crippen LogP contribution in [0.3, 0.4) is 0 Å². The topological polar surface area (TPSA) is 65.2 Å². The van der Waals surface area contributed by atoms with E-state index in [-0.39, 0.29) is 11.4 Å². The van der Waals surface area contributed by atoms with Crippen molar-refractivity contribution < 1.29 is 8.95 Å². The molecule has 0 amide bonds. The summed E-state index contributed by atoms with van der Waals surface area (Å²) >= 11 is 0. The van der Waals surface area contributed by atoms with E-state index in [0.717, 1.165) is 25.7 Å². The van der Waals surface area contributed by atoms with Crippen molar-refractivity contribution in [2.75, 3.05) is 12.8 Å². The summed E-state index contributed by atoms with van der Waals surface area (Å²) in [6.45, 7) is 0. The quantitative estimate of drug-likeness (QED) is 0.892. The summed E-state index contributed by atoms with van der Waals surface area (Å²) in [5, 5.41) is 0.639. The van der Waals surface area contributed by atoms with Gasteiger partial charge in [-0.2, -0.15) is 0 Å². The van der Waals surface area contributed by atoms with E-state index >= 15 is 0 Å². The van der Waals surface area contributed by atoms with Crippen molar-refractivity contribution in [3.63, 3.8) is 0 Å². The number of hydrogen-bond acceptors (Lipinski definition) is 4. The fourth-order valence-corrected chi connectivity index (χ4v) is 3.79. The van der Waals surface area contributed by atoms with Crippen molar-refractivity contribution in [1.29, 1.82) is 0 Å². The molecule has 0 aliphatic heterocycles. The Morgan fingerprint density at radius 2 is 2.35 bits per heavy atom. The summed E-state index contributed by atoms with van der Waals surface area (Å²) in [6.07, 6.45) is 5.77. The first-order chi connectivity index (χ1) is 8.22. The number of nitrogens with two attached hydrogens (primary N) is 1. The second-order valence-electron chi connectivity index (χ2n) is 4.34. The number of aromatic nitrogens is 1. The standard InChI is InChI=1S/C12H18N2O2S/c1-16-9-4-2-5-10(8-9)17(15)12-11(13)6-3-7-14-12/h3,6-7,9-10H,2,4-5,8,13H2,1H3. The highest BCUT2D eigenvalue weighted by Crippen LogP contribution is 2.28. The lowest BCUT2D eigenvalue weighted by Crippen LogP contribution is -2.29. The summed E-state index contributed by atoms with van der Waals surface area (Å²) in [7, 11) is 0.594. The highest BCUT2D eigenvalue weighted by atomic mass is 32.2. The molecule has 0 saturated heterocycles. The summed E-state index contributed by atoms with van der Waals surface area (Å²) in [5.41, 5.74) is 6.33. The summed E-state index contributed by atoms with van der Waals surface area (Å²) in [5.74, 6) is 0. The van der Waals surface area contributed by atoms with Gasteiger partial charge < -0.3 is 10.5 Å². The highest BCUT2D eigenvalue weighted by Gasteiger charge is 2.28. The molecule has 1 aliphatic carbocycles. The largest absolute Gasteiger partial charge is 0.396 e. The maximum Gasteiger partial charge on any atom is 0.150 e. The molecule has 1 aromatic rings. The molecule has 3 unspecified atom stereocenters. The zero-order valence-corrected chi connectivity index (χ0v) is 10.8. The number of hydrogen-bond donors (Lipinski definition) is 1. The van der Waals surface area contributed by atoms with Crippen LogP contribution < -0.4 is 5.73 Å². The molecule has 2 N–H and O–H groups in total. The third-order valence-electron chi connectivity index (χ3n) is 3.21. The Bertz CT molecular complexity index is 411. The predicted molar refractivity (Wildman–Crippen MR) is 68.1 cm³/mol. The second kappa shape index (κ2) is 5.60. The highest BCUT2D eigenvalue weighted by molar-refractivity contribution is 7.85. The van der Waals surface area contributed by atoms with E-state index in [4.69, 9.17) is 10.5 Å². The lowest BCUT2D eigenvalue weighted by molar-refractivity contribution is 0.0725. The fraction of sp³-hybridized carbons (Fsp3) is 0.583. The number of pyridine rings is 1. The molecule has 0 bridgehead atoms. The molecule has 1 saturated carbocycles. The number of anilines is 1. The van der Waals surface area contributed by atoms with Crippen LogP contribution in [0.4, 0.5) is 5.69 Å². The SMILES string of the molecule is COC1CCCC(S(=O)c2ncccc2N)C1. The van der Waals surface area contributed by atoms with Gasteiger partial charge in [-0.15, -0.1) is 0 Å². The van der Waals surface area contributed by atoms with E-state index < -0.39 is 10.8 Å². The monoisotopic (exact) mass is 254 g/mol. The van der Waals surface area contributed by atoms with Gasteiger partial charge in [0.15, 0.2) is 0 Å². The number of nitrogen functional groups attached to an aromatic ring is 1. The van der Waals surface area contributed by atoms with Crippen LogP contribution in [0.25, 0.3) is 0 Å². The average Bonchev–Trinajstić information content (AvgIpc) is 2.38. The Morgan fingerprint density at radius 1 is 1.53 bits per heavy atom. The van der Waals surface area contributed by atoms with Crippen LogP contribution in [0.2, 0.25) is 0 Å². The maximum absolute atomic E-state index is 12.4. The molecule has 1 heterocycles. The third-order valence-corrected chi connectivity index (χ3v) is 4.96. The molecule has 3 atom stereocenters. The third kappa shape index (κ3) is 2.84. The first-order valence-electron chi connectivity index (χ1n) is 5.86. The normalized spacial score (nSPS) is 26.6. The smallest absolute Gasteiger partial charge is 0.150 e. The van der Waals surface area contributed by atoms with Crippen molar-refractivity contribution in [2.45, 2.75) is 42.1 Å². The van der Waals surface area contributed by atoms with Crippen molar-refractivity contribution in [3.8, 4) is 0 Å². The molecular formula is C12H18N2O2S. The van der Waals surface area contributed by atoms with Crippen molar-refractivity contribution >= 4 is 16.5 Å². The van der Waals surface area contributed by atoms with Gasteiger partial charge in [-0.1, -0.05) is 0 Å². The van der Waals surface area contributed by atoms with Crippen LogP contribution in [0, 0.1) is 0 Å². The van der Waals surface area contributed by atoms with Gasteiger partial charge in [0.05, 0.1) is 22.6 Å². The molecule has 5 heteroatoms. The molecule has 94 valence electrons. The van der Waals surface area contributed by atoms with E-state index in [2.05, 4.69) is 4.98 Å². The van der Waals surface area contributed by atoms with Gasteiger partial charge >= 0.3 is 0 Å². The van der Waals surface area contributed by atoms with Crippen LogP contribution in [-0.4, -0.2) is 27.7 Å². The van der Waals surface area contributed by atoms with Gasteiger partial charge in [0.1, 0.15) is 5.03 Å². The zero-order valence-electron chi connectivity index (χ0n) is 9.96. The molecule has 1 aromatic heterocycles. The van der Waals surface area contributed by atoms with Gasteiger partial charge in [-0.25, -0.2) is 4.98 Å². The molecule has 1 aliphatic rings. The van der Waals surface area contributed by atoms with E-state index in [9.17, 15) is 4.21 Å². The van der Waals surface area contributed by atoms with Gasteiger partial charge in [-0.05, 0) is 37.8 Å². The maximum atomic E-state index is 12.4. The fourth-order valence-electron chi connectivity index (χ4n) is 2.24. The van der Waals surface area contributed by atoms with Crippen molar-refractivity contribution in [2.24, 2.45) is 0 Å². The van der Waals surface area contributed by atoms with E-state index in [1.807, 2.05) is 0 Å². The average molecular weight is 254 g/mol. The minimum atomic E-state index is -1.12. The van der Waals surface area contributed by atoms with Gasteiger partial charge in [-0.3, -0.25) is 4.21 Å². The van der Waals surface area contributed by atoms with Crippen molar-refractivity contribution in [1.82, 2.24) is 4.98 Å². The summed E-state index contributed by atoms with van der Waals surface area (Å²) < 4.78 is 17.7. The minimum Gasteiger partial charge on any atom is -0.396 e. The molecule has 0 radical (unpaired) electrons. The molecule has 2 rings (SSSR count). The van der Waals surface area contributed by atoms with Crippen LogP contribution in [0.1, 0.15) is 25.7 Å². The number of ether oxygens (including phenoxy) is 1. The summed E-state index contributed by atoms with van der Waals surface area (Å²) in [6, 6.07) is 3.51. The number of rotatable bonds is 3. The Hall–Kier alpha value is -0.940. The Morgan fingerprint density at radius 3 is 3.06 bits per heavy atom. The molecule has 4 nitrogen and oxygen atoms in total. The van der Waals surface area contributed by atoms with Gasteiger partial charge in [0.2, 0.25) is 0 Å².